The largest absolute Gasteiger partial charge is 0.497 e. The fourth-order valence-corrected chi connectivity index (χ4v) is 2.19. The van der Waals surface area contributed by atoms with Gasteiger partial charge in [0.2, 0.25) is 0 Å². The van der Waals surface area contributed by atoms with Crippen molar-refractivity contribution in [2.75, 3.05) is 25.5 Å². The van der Waals surface area contributed by atoms with Gasteiger partial charge in [0.05, 0.1) is 18.4 Å². The van der Waals surface area contributed by atoms with E-state index in [0.29, 0.717) is 18.7 Å². The highest BCUT2D eigenvalue weighted by molar-refractivity contribution is 6.00. The summed E-state index contributed by atoms with van der Waals surface area (Å²) in [5, 5.41) is 6.19. The molecule has 2 aromatic carbocycles. The summed E-state index contributed by atoms with van der Waals surface area (Å²) in [7, 11) is 1.63. The molecule has 0 aromatic heterocycles. The van der Waals surface area contributed by atoms with Crippen LogP contribution in [0.1, 0.15) is 23.2 Å². The van der Waals surface area contributed by atoms with Gasteiger partial charge in [-0.05, 0) is 55.8 Å². The topological polar surface area (TPSA) is 76.4 Å². The van der Waals surface area contributed by atoms with Gasteiger partial charge in [-0.1, -0.05) is 12.1 Å². The standard InChI is InChI=1S/C18H23N3O2/c1-23-15-10-8-14(9-11-15)21-17-7-3-2-6-16(17)18(22)20-13-5-4-12-19/h2-3,6-11,21H,4-5,12-13,19H2,1H3,(H,20,22). The van der Waals surface area contributed by atoms with Crippen molar-refractivity contribution < 1.29 is 9.53 Å². The van der Waals surface area contributed by atoms with Crippen LogP contribution in [0, 0.1) is 0 Å². The van der Waals surface area contributed by atoms with E-state index in [9.17, 15) is 4.79 Å². The van der Waals surface area contributed by atoms with E-state index in [4.69, 9.17) is 10.5 Å². The van der Waals surface area contributed by atoms with Crippen molar-refractivity contribution in [2.24, 2.45) is 5.73 Å². The van der Waals surface area contributed by atoms with E-state index in [1.54, 1.807) is 7.11 Å². The van der Waals surface area contributed by atoms with Gasteiger partial charge in [-0.3, -0.25) is 4.79 Å². The third kappa shape index (κ3) is 5.00. The van der Waals surface area contributed by atoms with Crippen molar-refractivity contribution in [1.29, 1.82) is 0 Å². The molecule has 0 fully saturated rings. The van der Waals surface area contributed by atoms with Gasteiger partial charge in [0.25, 0.3) is 5.91 Å². The van der Waals surface area contributed by atoms with Crippen molar-refractivity contribution in [1.82, 2.24) is 5.32 Å². The number of anilines is 2. The second-order valence-electron chi connectivity index (χ2n) is 5.15. The highest BCUT2D eigenvalue weighted by Gasteiger charge is 2.10. The maximum Gasteiger partial charge on any atom is 0.253 e. The summed E-state index contributed by atoms with van der Waals surface area (Å²) in [6.45, 7) is 1.28. The molecule has 0 radical (unpaired) electrons. The summed E-state index contributed by atoms with van der Waals surface area (Å²) in [6.07, 6.45) is 1.79. The summed E-state index contributed by atoms with van der Waals surface area (Å²) in [5.74, 6) is 0.708. The van der Waals surface area contributed by atoms with E-state index >= 15 is 0 Å². The number of carbonyl (C=O) groups is 1. The van der Waals surface area contributed by atoms with Gasteiger partial charge in [0.15, 0.2) is 0 Å². The zero-order valence-corrected chi connectivity index (χ0v) is 13.3. The predicted molar refractivity (Wildman–Crippen MR) is 93.3 cm³/mol. The van der Waals surface area contributed by atoms with Crippen LogP contribution in [-0.4, -0.2) is 26.1 Å². The molecule has 122 valence electrons. The molecule has 23 heavy (non-hydrogen) atoms. The number of benzene rings is 2. The van der Waals surface area contributed by atoms with Gasteiger partial charge in [-0.2, -0.15) is 0 Å². The number of hydrogen-bond donors (Lipinski definition) is 3. The average molecular weight is 313 g/mol. The SMILES string of the molecule is COc1ccc(Nc2ccccc2C(=O)NCCCCN)cc1. The average Bonchev–Trinajstić information content (AvgIpc) is 2.60. The van der Waals surface area contributed by atoms with Crippen LogP contribution in [0.3, 0.4) is 0 Å². The number of amides is 1. The first-order chi connectivity index (χ1) is 11.2. The number of unbranched alkanes of at least 4 members (excludes halogenated alkanes) is 1. The minimum Gasteiger partial charge on any atom is -0.497 e. The van der Waals surface area contributed by atoms with Crippen LogP contribution in [0.5, 0.6) is 5.75 Å². The van der Waals surface area contributed by atoms with Crippen molar-refractivity contribution in [3.8, 4) is 5.75 Å². The Hall–Kier alpha value is -2.53. The molecule has 1 amide bonds. The van der Waals surface area contributed by atoms with Gasteiger partial charge in [-0.15, -0.1) is 0 Å². The van der Waals surface area contributed by atoms with E-state index in [1.807, 2.05) is 48.5 Å². The van der Waals surface area contributed by atoms with Crippen LogP contribution in [0.15, 0.2) is 48.5 Å². The van der Waals surface area contributed by atoms with Crippen LogP contribution in [0.2, 0.25) is 0 Å². The fraction of sp³-hybridized carbons (Fsp3) is 0.278. The molecule has 0 saturated carbocycles. The Bertz CT molecular complexity index is 626. The van der Waals surface area contributed by atoms with E-state index in [1.165, 1.54) is 0 Å². The number of rotatable bonds is 8. The van der Waals surface area contributed by atoms with Crippen molar-refractivity contribution in [3.63, 3.8) is 0 Å². The molecule has 0 unspecified atom stereocenters. The van der Waals surface area contributed by atoms with Gasteiger partial charge in [0, 0.05) is 12.2 Å². The normalized spacial score (nSPS) is 10.2. The van der Waals surface area contributed by atoms with Crippen LogP contribution in [-0.2, 0) is 0 Å². The second kappa shape index (κ2) is 8.80. The minimum absolute atomic E-state index is 0.0846. The fourth-order valence-electron chi connectivity index (χ4n) is 2.19. The molecule has 2 rings (SSSR count). The van der Waals surface area contributed by atoms with Gasteiger partial charge in [-0.25, -0.2) is 0 Å². The van der Waals surface area contributed by atoms with Gasteiger partial charge >= 0.3 is 0 Å². The maximum absolute atomic E-state index is 12.3. The minimum atomic E-state index is -0.0846. The van der Waals surface area contributed by atoms with Crippen LogP contribution >= 0.6 is 0 Å². The summed E-state index contributed by atoms with van der Waals surface area (Å²) < 4.78 is 5.14. The lowest BCUT2D eigenvalue weighted by atomic mass is 10.1. The highest BCUT2D eigenvalue weighted by atomic mass is 16.5. The Morgan fingerprint density at radius 1 is 1.09 bits per heavy atom. The summed E-state index contributed by atoms with van der Waals surface area (Å²) >= 11 is 0. The summed E-state index contributed by atoms with van der Waals surface area (Å²) in [4.78, 5) is 12.3. The molecule has 0 spiro atoms. The molecule has 5 heteroatoms. The Balaban J connectivity index is 2.05. The van der Waals surface area contributed by atoms with Gasteiger partial charge < -0.3 is 21.1 Å². The molecule has 0 aliphatic heterocycles. The molecule has 0 heterocycles. The number of nitrogens with two attached hydrogens (primary N) is 1. The quantitative estimate of drug-likeness (QED) is 0.655. The Morgan fingerprint density at radius 3 is 2.52 bits per heavy atom. The number of hydrogen-bond acceptors (Lipinski definition) is 4. The Labute approximate surface area is 136 Å². The molecular weight excluding hydrogens is 290 g/mol. The predicted octanol–water partition coefficient (Wildman–Crippen LogP) is 2.91. The van der Waals surface area contributed by atoms with Crippen LogP contribution in [0.25, 0.3) is 0 Å². The molecule has 0 aliphatic carbocycles. The van der Waals surface area contributed by atoms with E-state index in [-0.39, 0.29) is 5.91 Å². The molecule has 0 saturated heterocycles. The third-order valence-electron chi connectivity index (χ3n) is 3.46. The third-order valence-corrected chi connectivity index (χ3v) is 3.46. The maximum atomic E-state index is 12.3. The Morgan fingerprint density at radius 2 is 1.83 bits per heavy atom. The van der Waals surface area contributed by atoms with Crippen LogP contribution in [0.4, 0.5) is 11.4 Å². The Kier molecular flexibility index (Phi) is 6.44. The summed E-state index contributed by atoms with van der Waals surface area (Å²) in [5.41, 5.74) is 7.75. The van der Waals surface area contributed by atoms with E-state index < -0.39 is 0 Å². The van der Waals surface area contributed by atoms with Crippen molar-refractivity contribution >= 4 is 17.3 Å². The van der Waals surface area contributed by atoms with Crippen molar-refractivity contribution in [3.05, 3.63) is 54.1 Å². The smallest absolute Gasteiger partial charge is 0.253 e. The lowest BCUT2D eigenvalue weighted by molar-refractivity contribution is 0.0954. The second-order valence-corrected chi connectivity index (χ2v) is 5.15. The number of carbonyl (C=O) groups excluding carboxylic acids is 1. The zero-order chi connectivity index (χ0) is 16.5. The summed E-state index contributed by atoms with van der Waals surface area (Å²) in [6, 6.07) is 15.0. The van der Waals surface area contributed by atoms with E-state index in [0.717, 1.165) is 30.0 Å². The van der Waals surface area contributed by atoms with Crippen LogP contribution < -0.4 is 21.1 Å². The molecule has 5 nitrogen and oxygen atoms in total. The van der Waals surface area contributed by atoms with E-state index in [2.05, 4.69) is 10.6 Å². The number of ether oxygens (including phenoxy) is 1. The highest BCUT2D eigenvalue weighted by Crippen LogP contribution is 2.22. The first-order valence-corrected chi connectivity index (χ1v) is 7.73. The lowest BCUT2D eigenvalue weighted by Gasteiger charge is -2.12. The molecular formula is C18H23N3O2. The van der Waals surface area contributed by atoms with Crippen molar-refractivity contribution in [2.45, 2.75) is 12.8 Å². The first kappa shape index (κ1) is 16.8. The molecule has 0 aliphatic rings. The number of nitrogens with one attached hydrogen (secondary N) is 2. The molecule has 0 atom stereocenters. The lowest BCUT2D eigenvalue weighted by Crippen LogP contribution is -2.25. The molecule has 0 bridgehead atoms. The first-order valence-electron chi connectivity index (χ1n) is 7.73. The molecule has 2 aromatic rings. The number of methoxy groups -OCH3 is 1. The zero-order valence-electron chi connectivity index (χ0n) is 13.3. The van der Waals surface area contributed by atoms with Gasteiger partial charge in [0.1, 0.15) is 5.75 Å². The monoisotopic (exact) mass is 313 g/mol. The molecule has 4 N–H and O–H groups in total. The number of para-hydroxylation sites is 1.